The maximum Gasteiger partial charge on any atom is 0.329 e. The zero-order valence-electron chi connectivity index (χ0n) is 15.6. The van der Waals surface area contributed by atoms with Gasteiger partial charge in [0.15, 0.2) is 0 Å². The highest BCUT2D eigenvalue weighted by Gasteiger charge is 2.23. The number of aromatic nitrogens is 2. The van der Waals surface area contributed by atoms with Gasteiger partial charge in [0.1, 0.15) is 6.20 Å². The molecule has 1 aliphatic rings. The van der Waals surface area contributed by atoms with E-state index in [-0.39, 0.29) is 11.5 Å². The van der Waals surface area contributed by atoms with Crippen LogP contribution in [-0.2, 0) is 6.54 Å². The van der Waals surface area contributed by atoms with Crippen molar-refractivity contribution >= 4 is 29.1 Å². The van der Waals surface area contributed by atoms with Crippen LogP contribution in [0.1, 0.15) is 31.2 Å². The summed E-state index contributed by atoms with van der Waals surface area (Å²) in [6, 6.07) is 7.46. The molecule has 0 bridgehead atoms. The standard InChI is InChI=1S/C19H25ClN6O2/c20-16-7-2-1-6-15(16)11-23-19-24-12-17(26(27)28)18(25-19)22-10-14-5-3-4-13(8-14)9-21/h1-2,6-7,12-14H,3-5,8-11,21H2,(H2,22,23,24,25). The van der Waals surface area contributed by atoms with E-state index in [9.17, 15) is 10.1 Å². The van der Waals surface area contributed by atoms with Gasteiger partial charge in [0.2, 0.25) is 11.8 Å². The van der Waals surface area contributed by atoms with Crippen LogP contribution < -0.4 is 16.4 Å². The van der Waals surface area contributed by atoms with Crippen molar-refractivity contribution < 1.29 is 4.92 Å². The van der Waals surface area contributed by atoms with Crippen molar-refractivity contribution in [2.24, 2.45) is 17.6 Å². The minimum Gasteiger partial charge on any atom is -0.364 e. The van der Waals surface area contributed by atoms with Gasteiger partial charge in [0.05, 0.1) is 4.92 Å². The summed E-state index contributed by atoms with van der Waals surface area (Å²) in [6.07, 6.45) is 5.68. The van der Waals surface area contributed by atoms with Gasteiger partial charge in [-0.25, -0.2) is 4.98 Å². The van der Waals surface area contributed by atoms with E-state index in [1.165, 1.54) is 6.20 Å². The molecule has 1 aromatic heterocycles. The number of benzene rings is 1. The maximum atomic E-state index is 11.3. The van der Waals surface area contributed by atoms with E-state index in [0.29, 0.717) is 42.4 Å². The molecule has 1 aliphatic carbocycles. The van der Waals surface area contributed by atoms with Crippen molar-refractivity contribution in [2.45, 2.75) is 32.2 Å². The molecule has 8 nitrogen and oxygen atoms in total. The number of nitrogens with one attached hydrogen (secondary N) is 2. The molecule has 0 amide bonds. The number of nitrogens with two attached hydrogens (primary N) is 1. The summed E-state index contributed by atoms with van der Waals surface area (Å²) in [5.74, 6) is 1.53. The first kappa shape index (κ1) is 20.3. The van der Waals surface area contributed by atoms with E-state index in [0.717, 1.165) is 31.2 Å². The summed E-state index contributed by atoms with van der Waals surface area (Å²) >= 11 is 6.16. The third-order valence-corrected chi connectivity index (χ3v) is 5.51. The average molecular weight is 405 g/mol. The Kier molecular flexibility index (Phi) is 7.00. The fraction of sp³-hybridized carbons (Fsp3) is 0.474. The molecule has 1 aromatic carbocycles. The second kappa shape index (κ2) is 9.66. The largest absolute Gasteiger partial charge is 0.364 e. The average Bonchev–Trinajstić information content (AvgIpc) is 2.71. The molecular weight excluding hydrogens is 380 g/mol. The third-order valence-electron chi connectivity index (χ3n) is 5.14. The SMILES string of the molecule is NCC1CCCC(CNc2nc(NCc3ccccc3Cl)ncc2[N+](=O)[O-])C1. The van der Waals surface area contributed by atoms with Crippen LogP contribution in [-0.4, -0.2) is 28.0 Å². The van der Waals surface area contributed by atoms with Crippen LogP contribution in [0.5, 0.6) is 0 Å². The summed E-state index contributed by atoms with van der Waals surface area (Å²) in [7, 11) is 0. The number of nitro groups is 1. The molecule has 2 aromatic rings. The Labute approximate surface area is 169 Å². The summed E-state index contributed by atoms with van der Waals surface area (Å²) in [4.78, 5) is 19.3. The molecule has 28 heavy (non-hydrogen) atoms. The van der Waals surface area contributed by atoms with E-state index < -0.39 is 4.92 Å². The highest BCUT2D eigenvalue weighted by atomic mass is 35.5. The first-order chi connectivity index (χ1) is 13.6. The number of anilines is 2. The molecule has 2 unspecified atom stereocenters. The van der Waals surface area contributed by atoms with Crippen LogP contribution in [0.25, 0.3) is 0 Å². The fourth-order valence-electron chi connectivity index (χ4n) is 3.58. The monoisotopic (exact) mass is 404 g/mol. The van der Waals surface area contributed by atoms with Gasteiger partial charge >= 0.3 is 5.69 Å². The molecule has 0 spiro atoms. The van der Waals surface area contributed by atoms with E-state index >= 15 is 0 Å². The summed E-state index contributed by atoms with van der Waals surface area (Å²) in [6.45, 7) is 1.76. The Morgan fingerprint density at radius 2 is 2.04 bits per heavy atom. The minimum absolute atomic E-state index is 0.130. The van der Waals surface area contributed by atoms with Gasteiger partial charge in [0, 0.05) is 18.1 Å². The van der Waals surface area contributed by atoms with E-state index in [4.69, 9.17) is 17.3 Å². The topological polar surface area (TPSA) is 119 Å². The molecule has 9 heteroatoms. The van der Waals surface area contributed by atoms with Crippen molar-refractivity contribution in [3.05, 3.63) is 51.2 Å². The van der Waals surface area contributed by atoms with Crippen molar-refractivity contribution in [2.75, 3.05) is 23.7 Å². The number of halogens is 1. The van der Waals surface area contributed by atoms with Crippen molar-refractivity contribution in [1.29, 1.82) is 0 Å². The molecule has 2 atom stereocenters. The second-order valence-electron chi connectivity index (χ2n) is 7.14. The Balaban J connectivity index is 1.67. The molecule has 0 radical (unpaired) electrons. The second-order valence-corrected chi connectivity index (χ2v) is 7.55. The Bertz CT molecular complexity index is 819. The number of hydrogen-bond acceptors (Lipinski definition) is 7. The normalized spacial score (nSPS) is 19.2. The lowest BCUT2D eigenvalue weighted by molar-refractivity contribution is -0.384. The minimum atomic E-state index is -0.469. The molecule has 1 heterocycles. The molecule has 150 valence electrons. The highest BCUT2D eigenvalue weighted by Crippen LogP contribution is 2.30. The predicted molar refractivity (Wildman–Crippen MR) is 110 cm³/mol. The fourth-order valence-corrected chi connectivity index (χ4v) is 3.79. The smallest absolute Gasteiger partial charge is 0.329 e. The Morgan fingerprint density at radius 1 is 1.25 bits per heavy atom. The molecule has 3 rings (SSSR count). The van der Waals surface area contributed by atoms with Gasteiger partial charge in [-0.2, -0.15) is 4.98 Å². The summed E-state index contributed by atoms with van der Waals surface area (Å²) in [5, 5.41) is 18.2. The maximum absolute atomic E-state index is 11.3. The van der Waals surface area contributed by atoms with Gasteiger partial charge in [-0.3, -0.25) is 10.1 Å². The number of rotatable bonds is 8. The molecule has 0 aliphatic heterocycles. The van der Waals surface area contributed by atoms with Crippen LogP contribution in [0.3, 0.4) is 0 Å². The van der Waals surface area contributed by atoms with Gasteiger partial charge in [0.25, 0.3) is 0 Å². The molecule has 1 fully saturated rings. The van der Waals surface area contributed by atoms with Crippen molar-refractivity contribution in [3.8, 4) is 0 Å². The highest BCUT2D eigenvalue weighted by molar-refractivity contribution is 6.31. The van der Waals surface area contributed by atoms with Gasteiger partial charge in [-0.05, 0) is 49.3 Å². The third kappa shape index (κ3) is 5.30. The van der Waals surface area contributed by atoms with Crippen LogP contribution in [0.4, 0.5) is 17.5 Å². The first-order valence-corrected chi connectivity index (χ1v) is 9.87. The zero-order chi connectivity index (χ0) is 19.9. The number of hydrogen-bond donors (Lipinski definition) is 3. The number of nitrogens with zero attached hydrogens (tertiary/aromatic N) is 3. The zero-order valence-corrected chi connectivity index (χ0v) is 16.4. The van der Waals surface area contributed by atoms with Crippen molar-refractivity contribution in [1.82, 2.24) is 9.97 Å². The van der Waals surface area contributed by atoms with Crippen LogP contribution in [0.2, 0.25) is 5.02 Å². The van der Waals surface area contributed by atoms with Gasteiger partial charge < -0.3 is 16.4 Å². The Hall–Kier alpha value is -2.45. The molecule has 4 N–H and O–H groups in total. The quantitative estimate of drug-likeness (QED) is 0.451. The van der Waals surface area contributed by atoms with Crippen LogP contribution in [0, 0.1) is 22.0 Å². The molecular formula is C19H25ClN6O2. The summed E-state index contributed by atoms with van der Waals surface area (Å²) < 4.78 is 0. The molecule has 1 saturated carbocycles. The van der Waals surface area contributed by atoms with E-state index in [1.54, 1.807) is 6.07 Å². The lowest BCUT2D eigenvalue weighted by Crippen LogP contribution is -2.27. The lowest BCUT2D eigenvalue weighted by atomic mass is 9.81. The van der Waals surface area contributed by atoms with Gasteiger partial charge in [-0.1, -0.05) is 36.2 Å². The lowest BCUT2D eigenvalue weighted by Gasteiger charge is -2.28. The van der Waals surface area contributed by atoms with Crippen LogP contribution >= 0.6 is 11.6 Å². The van der Waals surface area contributed by atoms with Crippen LogP contribution in [0.15, 0.2) is 30.5 Å². The van der Waals surface area contributed by atoms with Gasteiger partial charge in [-0.15, -0.1) is 0 Å². The Morgan fingerprint density at radius 3 is 2.79 bits per heavy atom. The summed E-state index contributed by atoms with van der Waals surface area (Å²) in [5.41, 5.74) is 6.57. The predicted octanol–water partition coefficient (Wildman–Crippen LogP) is 3.83. The van der Waals surface area contributed by atoms with Crippen molar-refractivity contribution in [3.63, 3.8) is 0 Å². The van der Waals surface area contributed by atoms with E-state index in [2.05, 4.69) is 20.6 Å². The van der Waals surface area contributed by atoms with E-state index in [1.807, 2.05) is 18.2 Å². The molecule has 0 saturated heterocycles. The first-order valence-electron chi connectivity index (χ1n) is 9.49.